The third kappa shape index (κ3) is 4.30. The normalized spacial score (nSPS) is 27.1. The molecule has 6 heteroatoms. The van der Waals surface area contributed by atoms with Gasteiger partial charge in [-0.15, -0.1) is 0 Å². The van der Waals surface area contributed by atoms with Crippen LogP contribution in [0.15, 0.2) is 0 Å². The molecule has 0 radical (unpaired) electrons. The minimum Gasteiger partial charge on any atom is -0.392 e. The van der Waals surface area contributed by atoms with Gasteiger partial charge in [0.25, 0.3) is 10.1 Å². The first-order chi connectivity index (χ1) is 5.99. The summed E-state index contributed by atoms with van der Waals surface area (Å²) in [6.07, 6.45) is 0.949. The zero-order valence-electron chi connectivity index (χ0n) is 7.22. The number of aliphatic hydroxyl groups excluding tert-OH is 1. The molecular formula is C7H14O4S2. The summed E-state index contributed by atoms with van der Waals surface area (Å²) in [6.45, 7) is 0. The van der Waals surface area contributed by atoms with E-state index in [9.17, 15) is 13.5 Å². The van der Waals surface area contributed by atoms with Crippen LogP contribution in [0.1, 0.15) is 12.8 Å². The number of rotatable bonds is 3. The summed E-state index contributed by atoms with van der Waals surface area (Å²) in [5.74, 6) is 1.35. The SMILES string of the molecule is O=S(=O)(O)CC(O)C1CCCSC1. The fraction of sp³-hybridized carbons (Fsp3) is 1.00. The minimum absolute atomic E-state index is 0.0145. The largest absolute Gasteiger partial charge is 0.392 e. The van der Waals surface area contributed by atoms with Crippen molar-refractivity contribution in [1.82, 2.24) is 0 Å². The van der Waals surface area contributed by atoms with E-state index < -0.39 is 22.0 Å². The van der Waals surface area contributed by atoms with Gasteiger partial charge in [0.05, 0.1) is 6.10 Å². The van der Waals surface area contributed by atoms with Crippen LogP contribution in [0.25, 0.3) is 0 Å². The van der Waals surface area contributed by atoms with Gasteiger partial charge in [0.2, 0.25) is 0 Å². The second kappa shape index (κ2) is 4.63. The Morgan fingerprint density at radius 2 is 2.23 bits per heavy atom. The van der Waals surface area contributed by atoms with Crippen LogP contribution in [0.3, 0.4) is 0 Å². The highest BCUT2D eigenvalue weighted by molar-refractivity contribution is 7.99. The van der Waals surface area contributed by atoms with Gasteiger partial charge in [0.15, 0.2) is 0 Å². The van der Waals surface area contributed by atoms with Crippen molar-refractivity contribution in [2.75, 3.05) is 17.3 Å². The highest BCUT2D eigenvalue weighted by Crippen LogP contribution is 2.25. The van der Waals surface area contributed by atoms with Crippen molar-refractivity contribution < 1.29 is 18.1 Å². The lowest BCUT2D eigenvalue weighted by molar-refractivity contribution is 0.131. The summed E-state index contributed by atoms with van der Waals surface area (Å²) in [5, 5.41) is 9.46. The van der Waals surface area contributed by atoms with Gasteiger partial charge in [0, 0.05) is 0 Å². The molecule has 2 atom stereocenters. The zero-order valence-corrected chi connectivity index (χ0v) is 8.85. The van der Waals surface area contributed by atoms with Crippen LogP contribution in [0, 0.1) is 5.92 Å². The first-order valence-corrected chi connectivity index (χ1v) is 6.96. The Bertz CT molecular complexity index is 243. The molecule has 2 N–H and O–H groups in total. The molecule has 1 aliphatic heterocycles. The number of aliphatic hydroxyl groups is 1. The number of thioether (sulfide) groups is 1. The molecule has 1 aliphatic rings. The van der Waals surface area contributed by atoms with Crippen molar-refractivity contribution in [1.29, 1.82) is 0 Å². The number of hydrogen-bond donors (Lipinski definition) is 2. The van der Waals surface area contributed by atoms with Crippen LogP contribution in [-0.4, -0.2) is 41.4 Å². The Hall–Kier alpha value is 0.220. The first kappa shape index (κ1) is 11.3. The van der Waals surface area contributed by atoms with Crippen LogP contribution in [0.4, 0.5) is 0 Å². The highest BCUT2D eigenvalue weighted by atomic mass is 32.2. The van der Waals surface area contributed by atoms with Gasteiger partial charge in [-0.25, -0.2) is 0 Å². The Morgan fingerprint density at radius 3 is 2.69 bits per heavy atom. The predicted octanol–water partition coefficient (Wildman–Crippen LogP) is 0.378. The maximum absolute atomic E-state index is 10.5. The molecule has 0 aromatic carbocycles. The summed E-state index contributed by atoms with van der Waals surface area (Å²) >= 11 is 1.72. The maximum atomic E-state index is 10.5. The van der Waals surface area contributed by atoms with Crippen molar-refractivity contribution in [2.45, 2.75) is 18.9 Å². The molecule has 0 aromatic rings. The maximum Gasteiger partial charge on any atom is 0.267 e. The molecule has 0 spiro atoms. The third-order valence-corrected chi connectivity index (χ3v) is 4.13. The molecule has 0 amide bonds. The van der Waals surface area contributed by atoms with Crippen LogP contribution in [0.2, 0.25) is 0 Å². The fourth-order valence-corrected chi connectivity index (χ4v) is 3.35. The van der Waals surface area contributed by atoms with Crippen molar-refractivity contribution in [3.05, 3.63) is 0 Å². The monoisotopic (exact) mass is 226 g/mol. The minimum atomic E-state index is -4.03. The average Bonchev–Trinajstić information content (AvgIpc) is 2.03. The van der Waals surface area contributed by atoms with E-state index >= 15 is 0 Å². The summed E-state index contributed by atoms with van der Waals surface area (Å²) in [4.78, 5) is 0. The lowest BCUT2D eigenvalue weighted by atomic mass is 10.0. The molecule has 1 saturated heterocycles. The Labute approximate surface area is 82.5 Å². The van der Waals surface area contributed by atoms with Crippen LogP contribution >= 0.6 is 11.8 Å². The first-order valence-electron chi connectivity index (χ1n) is 4.20. The van der Waals surface area contributed by atoms with Crippen molar-refractivity contribution in [3.8, 4) is 0 Å². The Kier molecular flexibility index (Phi) is 4.03. The summed E-state index contributed by atoms with van der Waals surface area (Å²) in [6, 6.07) is 0. The van der Waals surface area contributed by atoms with Gasteiger partial charge in [-0.1, -0.05) is 0 Å². The van der Waals surface area contributed by atoms with E-state index in [1.807, 2.05) is 0 Å². The fourth-order valence-electron chi connectivity index (χ4n) is 1.42. The quantitative estimate of drug-likeness (QED) is 0.680. The summed E-state index contributed by atoms with van der Waals surface area (Å²) < 4.78 is 29.5. The molecule has 4 nitrogen and oxygen atoms in total. The molecular weight excluding hydrogens is 212 g/mol. The highest BCUT2D eigenvalue weighted by Gasteiger charge is 2.25. The molecule has 0 bridgehead atoms. The van der Waals surface area contributed by atoms with Gasteiger partial charge < -0.3 is 5.11 Å². The third-order valence-electron chi connectivity index (χ3n) is 2.12. The van der Waals surface area contributed by atoms with E-state index in [1.165, 1.54) is 0 Å². The molecule has 2 unspecified atom stereocenters. The zero-order chi connectivity index (χ0) is 9.90. The van der Waals surface area contributed by atoms with E-state index in [2.05, 4.69) is 0 Å². The van der Waals surface area contributed by atoms with E-state index in [1.54, 1.807) is 11.8 Å². The lowest BCUT2D eigenvalue weighted by Gasteiger charge is -2.25. The topological polar surface area (TPSA) is 74.6 Å². The van der Waals surface area contributed by atoms with Gasteiger partial charge in [-0.3, -0.25) is 4.55 Å². The van der Waals surface area contributed by atoms with Gasteiger partial charge in [-0.05, 0) is 30.3 Å². The van der Waals surface area contributed by atoms with E-state index in [0.717, 1.165) is 24.3 Å². The number of hydrogen-bond acceptors (Lipinski definition) is 4. The van der Waals surface area contributed by atoms with Crippen molar-refractivity contribution in [3.63, 3.8) is 0 Å². The summed E-state index contributed by atoms with van der Waals surface area (Å²) in [5.41, 5.74) is 0. The molecule has 0 saturated carbocycles. The van der Waals surface area contributed by atoms with Crippen LogP contribution in [-0.2, 0) is 10.1 Å². The molecule has 13 heavy (non-hydrogen) atoms. The smallest absolute Gasteiger partial charge is 0.267 e. The Morgan fingerprint density at radius 1 is 1.54 bits per heavy atom. The van der Waals surface area contributed by atoms with Crippen molar-refractivity contribution >= 4 is 21.9 Å². The van der Waals surface area contributed by atoms with E-state index in [0.29, 0.717) is 0 Å². The molecule has 1 heterocycles. The second-order valence-electron chi connectivity index (χ2n) is 3.29. The van der Waals surface area contributed by atoms with Crippen molar-refractivity contribution in [2.24, 2.45) is 5.92 Å². The second-order valence-corrected chi connectivity index (χ2v) is 5.94. The molecule has 0 aromatic heterocycles. The summed E-state index contributed by atoms with van der Waals surface area (Å²) in [7, 11) is -4.03. The standard InChI is InChI=1S/C7H14O4S2/c8-7(5-13(9,10)11)6-2-1-3-12-4-6/h6-8H,1-5H2,(H,9,10,11). The van der Waals surface area contributed by atoms with Gasteiger partial charge in [0.1, 0.15) is 5.75 Å². The van der Waals surface area contributed by atoms with Gasteiger partial charge in [-0.2, -0.15) is 20.2 Å². The molecule has 1 fully saturated rings. The van der Waals surface area contributed by atoms with Crippen LogP contribution < -0.4 is 0 Å². The predicted molar refractivity (Wildman–Crippen MR) is 52.5 cm³/mol. The lowest BCUT2D eigenvalue weighted by Crippen LogP contribution is -2.31. The van der Waals surface area contributed by atoms with Crippen LogP contribution in [0.5, 0.6) is 0 Å². The average molecular weight is 226 g/mol. The molecule has 0 aliphatic carbocycles. The Balaban J connectivity index is 2.42. The van der Waals surface area contributed by atoms with E-state index in [4.69, 9.17) is 4.55 Å². The van der Waals surface area contributed by atoms with Gasteiger partial charge >= 0.3 is 0 Å². The molecule has 78 valence electrons. The molecule has 1 rings (SSSR count). The van der Waals surface area contributed by atoms with E-state index in [-0.39, 0.29) is 5.92 Å².